The maximum absolute atomic E-state index is 10.7. The van der Waals surface area contributed by atoms with E-state index in [9.17, 15) is 4.79 Å². The molecule has 1 amide bonds. The standard InChI is InChI=1S/C7H4BrNO.C7H6N2/c8-5-3-1-2-4-6(5)9-7(4)10;1-2-4-7-6(3-1)5-8-9-7/h1-3H,(H,9,10);1-5H,(H,8,9). The van der Waals surface area contributed by atoms with Gasteiger partial charge in [0.1, 0.15) is 0 Å². The summed E-state index contributed by atoms with van der Waals surface area (Å²) in [5, 5.41) is 10.6. The molecule has 0 spiro atoms. The number of carbonyl (C=O) groups is 1. The number of halogens is 1. The Kier molecular flexibility index (Phi) is 3.05. The van der Waals surface area contributed by atoms with Crippen LogP contribution in [-0.2, 0) is 0 Å². The first-order chi connectivity index (χ1) is 9.25. The number of hydrogen-bond acceptors (Lipinski definition) is 2. The van der Waals surface area contributed by atoms with E-state index in [1.54, 1.807) is 6.07 Å². The Morgan fingerprint density at radius 2 is 1.89 bits per heavy atom. The largest absolute Gasteiger partial charge is 0.320 e. The van der Waals surface area contributed by atoms with Gasteiger partial charge in [0.05, 0.1) is 23.0 Å². The van der Waals surface area contributed by atoms with E-state index < -0.39 is 0 Å². The highest BCUT2D eigenvalue weighted by Crippen LogP contribution is 2.32. The number of nitrogens with zero attached hydrogens (tertiary/aromatic N) is 1. The molecule has 4 nitrogen and oxygen atoms in total. The van der Waals surface area contributed by atoms with Crippen molar-refractivity contribution in [2.75, 3.05) is 5.32 Å². The number of benzene rings is 2. The Labute approximate surface area is 118 Å². The molecule has 0 radical (unpaired) electrons. The van der Waals surface area contributed by atoms with Gasteiger partial charge in [0, 0.05) is 9.86 Å². The van der Waals surface area contributed by atoms with Gasteiger partial charge in [-0.1, -0.05) is 24.3 Å². The predicted octanol–water partition coefficient (Wildman–Crippen LogP) is 3.58. The Balaban J connectivity index is 0.000000117. The first-order valence-electron chi connectivity index (χ1n) is 5.73. The lowest BCUT2D eigenvalue weighted by molar-refractivity contribution is 0.101. The number of para-hydroxylation sites is 2. The number of rotatable bonds is 0. The summed E-state index contributed by atoms with van der Waals surface area (Å²) in [5.74, 6) is 0.0105. The number of carbonyl (C=O) groups excluding carboxylic acids is 1. The number of anilines is 1. The van der Waals surface area contributed by atoms with Crippen LogP contribution in [0.2, 0.25) is 0 Å². The summed E-state index contributed by atoms with van der Waals surface area (Å²) >= 11 is 3.31. The van der Waals surface area contributed by atoms with Gasteiger partial charge in [-0.05, 0) is 34.1 Å². The van der Waals surface area contributed by atoms with Crippen LogP contribution in [0.25, 0.3) is 10.9 Å². The summed E-state index contributed by atoms with van der Waals surface area (Å²) in [6, 6.07) is 13.6. The molecule has 2 heterocycles. The molecule has 2 aromatic carbocycles. The Morgan fingerprint density at radius 1 is 1.05 bits per heavy atom. The van der Waals surface area contributed by atoms with Crippen LogP contribution in [0.5, 0.6) is 0 Å². The van der Waals surface area contributed by atoms with Crippen LogP contribution in [0.3, 0.4) is 0 Å². The number of fused-ring (bicyclic) bond motifs is 2. The summed E-state index contributed by atoms with van der Waals surface area (Å²) in [7, 11) is 0. The van der Waals surface area contributed by atoms with Crippen LogP contribution in [-0.4, -0.2) is 16.1 Å². The molecule has 1 aliphatic rings. The van der Waals surface area contributed by atoms with Gasteiger partial charge < -0.3 is 5.32 Å². The third kappa shape index (κ3) is 2.24. The minimum absolute atomic E-state index is 0.0105. The van der Waals surface area contributed by atoms with Crippen molar-refractivity contribution in [3.8, 4) is 0 Å². The van der Waals surface area contributed by atoms with Crippen molar-refractivity contribution in [1.82, 2.24) is 10.2 Å². The zero-order chi connectivity index (χ0) is 13.2. The highest BCUT2D eigenvalue weighted by molar-refractivity contribution is 9.10. The van der Waals surface area contributed by atoms with Gasteiger partial charge in [-0.2, -0.15) is 5.10 Å². The third-order valence-electron chi connectivity index (χ3n) is 2.85. The number of aromatic nitrogens is 2. The van der Waals surface area contributed by atoms with Crippen molar-refractivity contribution in [3.63, 3.8) is 0 Å². The molecule has 0 bridgehead atoms. The zero-order valence-corrected chi connectivity index (χ0v) is 11.4. The Morgan fingerprint density at radius 3 is 2.63 bits per heavy atom. The number of hydrogen-bond donors (Lipinski definition) is 2. The lowest BCUT2D eigenvalue weighted by atomic mass is 10.1. The minimum atomic E-state index is 0.0105. The first kappa shape index (κ1) is 11.9. The molecule has 1 aromatic heterocycles. The topological polar surface area (TPSA) is 57.8 Å². The van der Waals surface area contributed by atoms with E-state index in [1.807, 2.05) is 42.6 Å². The second kappa shape index (κ2) is 4.85. The fraction of sp³-hybridized carbons (Fsp3) is 0. The van der Waals surface area contributed by atoms with Crippen LogP contribution in [0, 0.1) is 0 Å². The summed E-state index contributed by atoms with van der Waals surface area (Å²) in [6.45, 7) is 0. The lowest BCUT2D eigenvalue weighted by Crippen LogP contribution is -2.24. The fourth-order valence-corrected chi connectivity index (χ4v) is 2.31. The molecule has 3 aromatic rings. The molecule has 19 heavy (non-hydrogen) atoms. The molecule has 5 heteroatoms. The molecule has 0 fully saturated rings. The molecule has 0 aliphatic carbocycles. The molecule has 0 unspecified atom stereocenters. The Hall–Kier alpha value is -2.14. The average Bonchev–Trinajstić information content (AvgIpc) is 2.89. The van der Waals surface area contributed by atoms with Crippen molar-refractivity contribution in [2.45, 2.75) is 0 Å². The highest BCUT2D eigenvalue weighted by atomic mass is 79.9. The molecule has 1 aliphatic heterocycles. The van der Waals surface area contributed by atoms with E-state index in [0.717, 1.165) is 26.6 Å². The smallest absolute Gasteiger partial charge is 0.257 e. The van der Waals surface area contributed by atoms with E-state index in [4.69, 9.17) is 0 Å². The van der Waals surface area contributed by atoms with E-state index in [1.165, 1.54) is 0 Å². The van der Waals surface area contributed by atoms with Crippen LogP contribution in [0.4, 0.5) is 5.69 Å². The quantitative estimate of drug-likeness (QED) is 0.666. The Bertz CT molecular complexity index is 721. The zero-order valence-electron chi connectivity index (χ0n) is 9.85. The molecule has 0 saturated carbocycles. The van der Waals surface area contributed by atoms with Crippen LogP contribution >= 0.6 is 15.9 Å². The van der Waals surface area contributed by atoms with Gasteiger partial charge in [-0.15, -0.1) is 0 Å². The minimum Gasteiger partial charge on any atom is -0.320 e. The van der Waals surface area contributed by atoms with Gasteiger partial charge in [0.25, 0.3) is 5.91 Å². The fourth-order valence-electron chi connectivity index (χ4n) is 1.84. The van der Waals surface area contributed by atoms with Crippen molar-refractivity contribution in [2.24, 2.45) is 0 Å². The average molecular weight is 316 g/mol. The molecular formula is C14H10BrN3O. The molecule has 94 valence electrons. The normalized spacial score (nSPS) is 11.9. The molecule has 0 saturated heterocycles. The number of nitrogens with one attached hydrogen (secondary N) is 2. The van der Waals surface area contributed by atoms with Crippen molar-refractivity contribution >= 4 is 38.4 Å². The van der Waals surface area contributed by atoms with E-state index in [0.29, 0.717) is 0 Å². The van der Waals surface area contributed by atoms with Gasteiger partial charge >= 0.3 is 0 Å². The number of aromatic amines is 1. The third-order valence-corrected chi connectivity index (χ3v) is 3.51. The monoisotopic (exact) mass is 315 g/mol. The predicted molar refractivity (Wildman–Crippen MR) is 78.2 cm³/mol. The lowest BCUT2D eigenvalue weighted by Gasteiger charge is -2.19. The highest BCUT2D eigenvalue weighted by Gasteiger charge is 2.23. The van der Waals surface area contributed by atoms with Crippen LogP contribution in [0.1, 0.15) is 10.4 Å². The van der Waals surface area contributed by atoms with Crippen molar-refractivity contribution in [1.29, 1.82) is 0 Å². The molecule has 0 atom stereocenters. The molecule has 4 rings (SSSR count). The SMILES string of the molecule is O=C1Nc2c(Br)cccc21.c1ccc2[nH]ncc2c1. The van der Waals surface area contributed by atoms with Crippen LogP contribution < -0.4 is 5.32 Å². The van der Waals surface area contributed by atoms with Crippen LogP contribution in [0.15, 0.2) is 53.1 Å². The van der Waals surface area contributed by atoms with E-state index in [-0.39, 0.29) is 5.91 Å². The summed E-state index contributed by atoms with van der Waals surface area (Å²) in [6.07, 6.45) is 1.81. The van der Waals surface area contributed by atoms with Gasteiger partial charge in [0.15, 0.2) is 0 Å². The summed E-state index contributed by atoms with van der Waals surface area (Å²) < 4.78 is 0.949. The second-order valence-electron chi connectivity index (χ2n) is 4.07. The first-order valence-corrected chi connectivity index (χ1v) is 6.53. The van der Waals surface area contributed by atoms with Gasteiger partial charge in [-0.25, -0.2) is 0 Å². The molecule has 2 N–H and O–H groups in total. The van der Waals surface area contributed by atoms with Gasteiger partial charge in [0.2, 0.25) is 0 Å². The van der Waals surface area contributed by atoms with Crippen molar-refractivity contribution < 1.29 is 4.79 Å². The van der Waals surface area contributed by atoms with Crippen molar-refractivity contribution in [3.05, 3.63) is 58.7 Å². The number of amides is 1. The second-order valence-corrected chi connectivity index (χ2v) is 4.93. The summed E-state index contributed by atoms with van der Waals surface area (Å²) in [5.41, 5.74) is 2.78. The maximum Gasteiger partial charge on any atom is 0.257 e. The molecular weight excluding hydrogens is 306 g/mol. The summed E-state index contributed by atoms with van der Waals surface area (Å²) in [4.78, 5) is 10.7. The number of H-pyrrole nitrogens is 1. The van der Waals surface area contributed by atoms with E-state index >= 15 is 0 Å². The van der Waals surface area contributed by atoms with Gasteiger partial charge in [-0.3, -0.25) is 9.89 Å². The maximum atomic E-state index is 10.7. The van der Waals surface area contributed by atoms with E-state index in [2.05, 4.69) is 31.4 Å².